The third kappa shape index (κ3) is 2.10. The first-order valence-corrected chi connectivity index (χ1v) is 5.98. The number of rotatable bonds is 2. The van der Waals surface area contributed by atoms with Crippen molar-refractivity contribution in [3.8, 4) is 6.07 Å². The molecule has 0 aliphatic carbocycles. The van der Waals surface area contributed by atoms with E-state index in [0.29, 0.717) is 12.1 Å². The van der Waals surface area contributed by atoms with Crippen LogP contribution in [0.3, 0.4) is 0 Å². The first-order valence-electron chi connectivity index (χ1n) is 5.98. The predicted octanol–water partition coefficient (Wildman–Crippen LogP) is 3.10. The average molecular weight is 214 g/mol. The van der Waals surface area contributed by atoms with Gasteiger partial charge in [-0.25, -0.2) is 0 Å². The second-order valence-corrected chi connectivity index (χ2v) is 4.72. The summed E-state index contributed by atoms with van der Waals surface area (Å²) in [7, 11) is 0. The Morgan fingerprint density at radius 1 is 1.31 bits per heavy atom. The Morgan fingerprint density at radius 3 is 2.56 bits per heavy atom. The fraction of sp³-hybridized carbons (Fsp3) is 0.500. The lowest BCUT2D eigenvalue weighted by molar-refractivity contribution is 0.205. The molecule has 1 aliphatic heterocycles. The van der Waals surface area contributed by atoms with E-state index in [1.807, 2.05) is 12.1 Å². The van der Waals surface area contributed by atoms with Gasteiger partial charge < -0.3 is 0 Å². The number of hydrogen-bond donors (Lipinski definition) is 0. The number of nitrogens with zero attached hydrogens (tertiary/aromatic N) is 2. The summed E-state index contributed by atoms with van der Waals surface area (Å²) < 4.78 is 0. The second-order valence-electron chi connectivity index (χ2n) is 4.72. The van der Waals surface area contributed by atoms with Crippen LogP contribution in [0.1, 0.15) is 43.9 Å². The van der Waals surface area contributed by atoms with Crippen molar-refractivity contribution in [2.75, 3.05) is 6.54 Å². The molecule has 1 atom stereocenters. The first kappa shape index (κ1) is 11.2. The van der Waals surface area contributed by atoms with Gasteiger partial charge in [0.05, 0.1) is 11.6 Å². The van der Waals surface area contributed by atoms with Crippen LogP contribution >= 0.6 is 0 Å². The summed E-state index contributed by atoms with van der Waals surface area (Å²) in [6.07, 6.45) is 2.52. The molecular formula is C14H18N2. The quantitative estimate of drug-likeness (QED) is 0.756. The highest BCUT2D eigenvalue weighted by molar-refractivity contribution is 5.33. The minimum absolute atomic E-state index is 0.549. The van der Waals surface area contributed by atoms with Gasteiger partial charge in [0.1, 0.15) is 0 Å². The molecule has 0 spiro atoms. The zero-order valence-corrected chi connectivity index (χ0v) is 9.98. The first-order chi connectivity index (χ1) is 7.72. The van der Waals surface area contributed by atoms with Crippen molar-refractivity contribution >= 4 is 0 Å². The maximum Gasteiger partial charge on any atom is 0.0991 e. The summed E-state index contributed by atoms with van der Waals surface area (Å²) in [6.45, 7) is 5.70. The van der Waals surface area contributed by atoms with Crippen molar-refractivity contribution in [3.05, 3.63) is 35.4 Å². The van der Waals surface area contributed by atoms with E-state index in [2.05, 4.69) is 36.9 Å². The van der Waals surface area contributed by atoms with Gasteiger partial charge in [-0.1, -0.05) is 12.1 Å². The van der Waals surface area contributed by atoms with E-state index in [4.69, 9.17) is 5.26 Å². The molecule has 0 amide bonds. The minimum atomic E-state index is 0.549. The van der Waals surface area contributed by atoms with Crippen LogP contribution in [-0.2, 0) is 0 Å². The average Bonchev–Trinajstić information content (AvgIpc) is 2.78. The van der Waals surface area contributed by atoms with Gasteiger partial charge in [-0.15, -0.1) is 0 Å². The highest BCUT2D eigenvalue weighted by Gasteiger charge is 2.27. The van der Waals surface area contributed by atoms with Gasteiger partial charge in [0.25, 0.3) is 0 Å². The molecule has 1 aromatic carbocycles. The van der Waals surface area contributed by atoms with E-state index in [9.17, 15) is 0 Å². The van der Waals surface area contributed by atoms with Gasteiger partial charge in [-0.05, 0) is 50.9 Å². The monoisotopic (exact) mass is 214 g/mol. The smallest absolute Gasteiger partial charge is 0.0991 e. The maximum atomic E-state index is 8.77. The molecule has 2 rings (SSSR count). The van der Waals surface area contributed by atoms with Crippen molar-refractivity contribution in [2.45, 2.75) is 38.8 Å². The molecule has 2 heteroatoms. The largest absolute Gasteiger partial charge is 0.294 e. The third-order valence-electron chi connectivity index (χ3n) is 3.38. The van der Waals surface area contributed by atoms with Crippen molar-refractivity contribution < 1.29 is 0 Å². The van der Waals surface area contributed by atoms with Gasteiger partial charge in [-0.2, -0.15) is 5.26 Å². The van der Waals surface area contributed by atoms with Crippen LogP contribution in [0.25, 0.3) is 0 Å². The molecule has 0 aromatic heterocycles. The molecular weight excluding hydrogens is 196 g/mol. The van der Waals surface area contributed by atoms with E-state index < -0.39 is 0 Å². The fourth-order valence-electron chi connectivity index (χ4n) is 2.54. The van der Waals surface area contributed by atoms with Crippen molar-refractivity contribution in [2.24, 2.45) is 0 Å². The topological polar surface area (TPSA) is 27.0 Å². The van der Waals surface area contributed by atoms with Crippen molar-refractivity contribution in [1.82, 2.24) is 4.90 Å². The van der Waals surface area contributed by atoms with Crippen LogP contribution in [0.4, 0.5) is 0 Å². The molecule has 0 unspecified atom stereocenters. The molecule has 2 nitrogen and oxygen atoms in total. The lowest BCUT2D eigenvalue weighted by atomic mass is 10.0. The fourth-order valence-corrected chi connectivity index (χ4v) is 2.54. The highest BCUT2D eigenvalue weighted by atomic mass is 15.2. The van der Waals surface area contributed by atoms with Crippen LogP contribution in [-0.4, -0.2) is 17.5 Å². The molecule has 1 aliphatic rings. The molecule has 16 heavy (non-hydrogen) atoms. The van der Waals surface area contributed by atoms with Gasteiger partial charge in [0.15, 0.2) is 0 Å². The van der Waals surface area contributed by atoms with Crippen molar-refractivity contribution in [1.29, 1.82) is 5.26 Å². The normalized spacial score (nSPS) is 21.2. The number of hydrogen-bond acceptors (Lipinski definition) is 2. The van der Waals surface area contributed by atoms with Crippen LogP contribution < -0.4 is 0 Å². The maximum absolute atomic E-state index is 8.77. The standard InChI is InChI=1S/C14H18N2/c1-11(2)16-9-3-4-14(16)13-7-5-12(10-15)6-8-13/h5-8,11,14H,3-4,9H2,1-2H3/t14-/m1/s1. The second kappa shape index (κ2) is 4.67. The SMILES string of the molecule is CC(C)N1CCC[C@@H]1c1ccc(C#N)cc1. The molecule has 1 aromatic rings. The third-order valence-corrected chi connectivity index (χ3v) is 3.38. The van der Waals surface area contributed by atoms with Crippen molar-refractivity contribution in [3.63, 3.8) is 0 Å². The summed E-state index contributed by atoms with van der Waals surface area (Å²) in [4.78, 5) is 2.54. The highest BCUT2D eigenvalue weighted by Crippen LogP contribution is 2.33. The number of benzene rings is 1. The lowest BCUT2D eigenvalue weighted by Crippen LogP contribution is -2.30. The van der Waals surface area contributed by atoms with E-state index in [1.54, 1.807) is 0 Å². The molecule has 0 N–H and O–H groups in total. The number of nitriles is 1. The lowest BCUT2D eigenvalue weighted by Gasteiger charge is -2.28. The Morgan fingerprint density at radius 2 is 2.00 bits per heavy atom. The summed E-state index contributed by atoms with van der Waals surface area (Å²) in [6, 6.07) is 11.4. The predicted molar refractivity (Wildman–Crippen MR) is 65.0 cm³/mol. The molecule has 1 fully saturated rings. The van der Waals surface area contributed by atoms with Crippen LogP contribution in [0.15, 0.2) is 24.3 Å². The zero-order valence-electron chi connectivity index (χ0n) is 9.98. The van der Waals surface area contributed by atoms with E-state index in [0.717, 1.165) is 5.56 Å². The van der Waals surface area contributed by atoms with Gasteiger partial charge in [-0.3, -0.25) is 4.90 Å². The van der Waals surface area contributed by atoms with E-state index >= 15 is 0 Å². The zero-order chi connectivity index (χ0) is 11.5. The molecule has 0 saturated carbocycles. The Labute approximate surface area is 97.5 Å². The van der Waals surface area contributed by atoms with Gasteiger partial charge in [0, 0.05) is 12.1 Å². The Bertz CT molecular complexity index is 386. The van der Waals surface area contributed by atoms with E-state index in [1.165, 1.54) is 24.9 Å². The minimum Gasteiger partial charge on any atom is -0.294 e. The number of likely N-dealkylation sites (tertiary alicyclic amines) is 1. The summed E-state index contributed by atoms with van der Waals surface area (Å²) >= 11 is 0. The summed E-state index contributed by atoms with van der Waals surface area (Å²) in [5, 5.41) is 8.77. The van der Waals surface area contributed by atoms with Crippen LogP contribution in [0.2, 0.25) is 0 Å². The Hall–Kier alpha value is -1.33. The molecule has 0 radical (unpaired) electrons. The summed E-state index contributed by atoms with van der Waals surface area (Å²) in [5.41, 5.74) is 2.10. The Kier molecular flexibility index (Phi) is 3.26. The Balaban J connectivity index is 2.20. The van der Waals surface area contributed by atoms with Crippen LogP contribution in [0.5, 0.6) is 0 Å². The molecule has 84 valence electrons. The van der Waals surface area contributed by atoms with Gasteiger partial charge >= 0.3 is 0 Å². The van der Waals surface area contributed by atoms with E-state index in [-0.39, 0.29) is 0 Å². The molecule has 1 saturated heterocycles. The summed E-state index contributed by atoms with van der Waals surface area (Å²) in [5.74, 6) is 0. The molecule has 1 heterocycles. The van der Waals surface area contributed by atoms with Gasteiger partial charge in [0.2, 0.25) is 0 Å². The molecule has 0 bridgehead atoms. The van der Waals surface area contributed by atoms with Crippen LogP contribution in [0, 0.1) is 11.3 Å².